The average molecular weight is 254 g/mol. The molecule has 18 heavy (non-hydrogen) atoms. The maximum absolute atomic E-state index is 6.03. The SMILES string of the molecule is CC(C)CN(CCOC1(C)CNC1)C1CCCC1. The molecule has 1 aliphatic carbocycles. The Morgan fingerprint density at radius 2 is 1.94 bits per heavy atom. The quantitative estimate of drug-likeness (QED) is 0.754. The molecule has 0 radical (unpaired) electrons. The van der Waals surface area contributed by atoms with Gasteiger partial charge in [-0.25, -0.2) is 0 Å². The van der Waals surface area contributed by atoms with Gasteiger partial charge in [0.05, 0.1) is 12.2 Å². The Kier molecular flexibility index (Phi) is 5.05. The van der Waals surface area contributed by atoms with Crippen LogP contribution in [-0.2, 0) is 4.74 Å². The maximum atomic E-state index is 6.03. The highest BCUT2D eigenvalue weighted by atomic mass is 16.5. The third-order valence-electron chi connectivity index (χ3n) is 4.27. The molecule has 0 amide bonds. The van der Waals surface area contributed by atoms with Crippen molar-refractivity contribution in [3.63, 3.8) is 0 Å². The van der Waals surface area contributed by atoms with Gasteiger partial charge < -0.3 is 10.1 Å². The topological polar surface area (TPSA) is 24.5 Å². The molecule has 0 atom stereocenters. The van der Waals surface area contributed by atoms with Crippen molar-refractivity contribution in [3.05, 3.63) is 0 Å². The molecule has 0 aromatic heterocycles. The van der Waals surface area contributed by atoms with Crippen LogP contribution in [0, 0.1) is 5.92 Å². The molecule has 2 rings (SSSR count). The fraction of sp³-hybridized carbons (Fsp3) is 1.00. The van der Waals surface area contributed by atoms with E-state index in [2.05, 4.69) is 31.0 Å². The number of hydrogen-bond donors (Lipinski definition) is 1. The Bertz CT molecular complexity index is 245. The van der Waals surface area contributed by atoms with Gasteiger partial charge in [0, 0.05) is 32.2 Å². The molecule has 1 N–H and O–H groups in total. The van der Waals surface area contributed by atoms with Crippen molar-refractivity contribution in [3.8, 4) is 0 Å². The molecular weight excluding hydrogens is 224 g/mol. The third kappa shape index (κ3) is 3.94. The van der Waals surface area contributed by atoms with Gasteiger partial charge in [-0.1, -0.05) is 26.7 Å². The van der Waals surface area contributed by atoms with Gasteiger partial charge in [0.25, 0.3) is 0 Å². The normalized spacial score (nSPS) is 23.8. The summed E-state index contributed by atoms with van der Waals surface area (Å²) >= 11 is 0. The molecular formula is C15H30N2O. The van der Waals surface area contributed by atoms with Crippen molar-refractivity contribution in [1.29, 1.82) is 0 Å². The van der Waals surface area contributed by atoms with Crippen LogP contribution in [0.15, 0.2) is 0 Å². The molecule has 1 saturated heterocycles. The molecule has 0 aromatic rings. The van der Waals surface area contributed by atoms with E-state index in [4.69, 9.17) is 4.74 Å². The van der Waals surface area contributed by atoms with Gasteiger partial charge in [-0.2, -0.15) is 0 Å². The Morgan fingerprint density at radius 3 is 2.44 bits per heavy atom. The molecule has 3 heteroatoms. The van der Waals surface area contributed by atoms with Crippen molar-refractivity contribution >= 4 is 0 Å². The van der Waals surface area contributed by atoms with E-state index < -0.39 is 0 Å². The first-order valence-electron chi connectivity index (χ1n) is 7.68. The smallest absolute Gasteiger partial charge is 0.0902 e. The van der Waals surface area contributed by atoms with Crippen LogP contribution in [0.4, 0.5) is 0 Å². The van der Waals surface area contributed by atoms with E-state index in [-0.39, 0.29) is 5.60 Å². The fourth-order valence-corrected chi connectivity index (χ4v) is 3.15. The van der Waals surface area contributed by atoms with Crippen LogP contribution < -0.4 is 5.32 Å². The monoisotopic (exact) mass is 254 g/mol. The van der Waals surface area contributed by atoms with Crippen molar-refractivity contribution in [2.45, 2.75) is 58.1 Å². The van der Waals surface area contributed by atoms with Gasteiger partial charge in [0.15, 0.2) is 0 Å². The largest absolute Gasteiger partial charge is 0.371 e. The van der Waals surface area contributed by atoms with Crippen molar-refractivity contribution < 1.29 is 4.74 Å². The molecule has 1 heterocycles. The summed E-state index contributed by atoms with van der Waals surface area (Å²) in [6, 6.07) is 0.823. The fourth-order valence-electron chi connectivity index (χ4n) is 3.15. The third-order valence-corrected chi connectivity index (χ3v) is 4.27. The number of nitrogens with zero attached hydrogens (tertiary/aromatic N) is 1. The van der Waals surface area contributed by atoms with Crippen LogP contribution in [0.1, 0.15) is 46.5 Å². The zero-order valence-electron chi connectivity index (χ0n) is 12.4. The van der Waals surface area contributed by atoms with E-state index in [1.807, 2.05) is 0 Å². The lowest BCUT2D eigenvalue weighted by molar-refractivity contribution is -0.0749. The van der Waals surface area contributed by atoms with Crippen LogP contribution in [0.2, 0.25) is 0 Å². The zero-order valence-corrected chi connectivity index (χ0v) is 12.4. The molecule has 1 saturated carbocycles. The van der Waals surface area contributed by atoms with Crippen LogP contribution in [0.3, 0.4) is 0 Å². The number of hydrogen-bond acceptors (Lipinski definition) is 3. The maximum Gasteiger partial charge on any atom is 0.0902 e. The molecule has 0 aromatic carbocycles. The predicted octanol–water partition coefficient (Wildman–Crippen LogP) is 2.27. The lowest BCUT2D eigenvalue weighted by Gasteiger charge is -2.40. The van der Waals surface area contributed by atoms with Gasteiger partial charge in [-0.05, 0) is 25.7 Å². The minimum atomic E-state index is 0.110. The van der Waals surface area contributed by atoms with E-state index in [0.717, 1.165) is 38.2 Å². The van der Waals surface area contributed by atoms with Gasteiger partial charge in [-0.15, -0.1) is 0 Å². The van der Waals surface area contributed by atoms with Gasteiger partial charge >= 0.3 is 0 Å². The second kappa shape index (κ2) is 6.36. The lowest BCUT2D eigenvalue weighted by Crippen LogP contribution is -2.59. The van der Waals surface area contributed by atoms with Crippen molar-refractivity contribution in [2.24, 2.45) is 5.92 Å². The zero-order chi connectivity index (χ0) is 13.0. The Balaban J connectivity index is 1.73. The lowest BCUT2D eigenvalue weighted by atomic mass is 10.0. The van der Waals surface area contributed by atoms with Gasteiger partial charge in [0.2, 0.25) is 0 Å². The summed E-state index contributed by atoms with van der Waals surface area (Å²) < 4.78 is 6.03. The van der Waals surface area contributed by atoms with E-state index in [0.29, 0.717) is 0 Å². The second-order valence-corrected chi connectivity index (χ2v) is 6.73. The van der Waals surface area contributed by atoms with Crippen molar-refractivity contribution in [2.75, 3.05) is 32.8 Å². The van der Waals surface area contributed by atoms with E-state index in [1.54, 1.807) is 0 Å². The Labute approximate surface area is 112 Å². The predicted molar refractivity (Wildman–Crippen MR) is 75.9 cm³/mol. The van der Waals surface area contributed by atoms with Crippen LogP contribution in [0.5, 0.6) is 0 Å². The molecule has 0 bridgehead atoms. The first kappa shape index (κ1) is 14.3. The minimum Gasteiger partial charge on any atom is -0.371 e. The van der Waals surface area contributed by atoms with E-state index in [9.17, 15) is 0 Å². The highest BCUT2D eigenvalue weighted by Crippen LogP contribution is 2.24. The van der Waals surface area contributed by atoms with Crippen molar-refractivity contribution in [1.82, 2.24) is 10.2 Å². The summed E-state index contributed by atoms with van der Waals surface area (Å²) in [6.45, 7) is 12.1. The minimum absolute atomic E-state index is 0.110. The number of rotatable bonds is 7. The van der Waals surface area contributed by atoms with Crippen LogP contribution in [-0.4, -0.2) is 49.3 Å². The molecule has 106 valence electrons. The Morgan fingerprint density at radius 1 is 1.28 bits per heavy atom. The van der Waals surface area contributed by atoms with Gasteiger partial charge in [-0.3, -0.25) is 4.90 Å². The summed E-state index contributed by atoms with van der Waals surface area (Å²) in [6.07, 6.45) is 5.63. The molecule has 0 unspecified atom stereocenters. The second-order valence-electron chi connectivity index (χ2n) is 6.73. The highest BCUT2D eigenvalue weighted by Gasteiger charge is 2.32. The summed E-state index contributed by atoms with van der Waals surface area (Å²) in [5.74, 6) is 0.756. The first-order valence-corrected chi connectivity index (χ1v) is 7.68. The van der Waals surface area contributed by atoms with E-state index in [1.165, 1.54) is 32.2 Å². The van der Waals surface area contributed by atoms with E-state index >= 15 is 0 Å². The number of ether oxygens (including phenoxy) is 1. The molecule has 1 aliphatic heterocycles. The number of nitrogens with one attached hydrogen (secondary N) is 1. The molecule has 2 aliphatic rings. The summed E-state index contributed by atoms with van der Waals surface area (Å²) in [5, 5.41) is 3.29. The average Bonchev–Trinajstić information content (AvgIpc) is 2.78. The summed E-state index contributed by atoms with van der Waals surface area (Å²) in [7, 11) is 0. The first-order chi connectivity index (χ1) is 8.59. The van der Waals surface area contributed by atoms with Crippen LogP contribution >= 0.6 is 0 Å². The highest BCUT2D eigenvalue weighted by molar-refractivity contribution is 4.90. The molecule has 3 nitrogen and oxygen atoms in total. The van der Waals surface area contributed by atoms with Crippen LogP contribution in [0.25, 0.3) is 0 Å². The standard InChI is InChI=1S/C15H30N2O/c1-13(2)10-17(14-6-4-5-7-14)8-9-18-15(3)11-16-12-15/h13-14,16H,4-12H2,1-3H3. The molecule has 0 spiro atoms. The summed E-state index contributed by atoms with van der Waals surface area (Å²) in [4.78, 5) is 2.67. The van der Waals surface area contributed by atoms with Gasteiger partial charge in [0.1, 0.15) is 0 Å². The summed E-state index contributed by atoms with van der Waals surface area (Å²) in [5.41, 5.74) is 0.110. The molecule has 2 fully saturated rings. The Hall–Kier alpha value is -0.120.